The van der Waals surface area contributed by atoms with E-state index in [9.17, 15) is 9.59 Å². The molecule has 0 unspecified atom stereocenters. The predicted octanol–water partition coefficient (Wildman–Crippen LogP) is 3.19. The maximum atomic E-state index is 12.1. The number of benzene rings is 2. The number of fused-ring (bicyclic) bond motifs is 1. The van der Waals surface area contributed by atoms with Crippen LogP contribution in [0.1, 0.15) is 27.9 Å². The molecule has 0 radical (unpaired) electrons. The highest BCUT2D eigenvalue weighted by Gasteiger charge is 2.09. The molecule has 5 heteroatoms. The molecule has 1 aromatic heterocycles. The van der Waals surface area contributed by atoms with Crippen LogP contribution in [-0.2, 0) is 11.3 Å². The number of rotatable bonds is 5. The average Bonchev–Trinajstić information content (AvgIpc) is 2.86. The number of aromatic amines is 1. The van der Waals surface area contributed by atoms with Crippen LogP contribution < -0.4 is 5.69 Å². The molecule has 3 rings (SSSR count). The molecule has 1 heterocycles. The Morgan fingerprint density at radius 1 is 1.12 bits per heavy atom. The van der Waals surface area contributed by atoms with Crippen molar-refractivity contribution in [3.05, 3.63) is 69.6 Å². The number of esters is 1. The molecule has 0 amide bonds. The van der Waals surface area contributed by atoms with Crippen LogP contribution >= 0.6 is 0 Å². The number of ether oxygens (including phenoxy) is 1. The third kappa shape index (κ3) is 3.40. The number of nitrogens with zero attached hydrogens (tertiary/aromatic N) is 1. The number of hydrogen-bond donors (Lipinski definition) is 1. The molecule has 5 nitrogen and oxygen atoms in total. The Morgan fingerprint density at radius 2 is 1.83 bits per heavy atom. The Hall–Kier alpha value is -2.82. The summed E-state index contributed by atoms with van der Waals surface area (Å²) in [5, 5.41) is 0. The summed E-state index contributed by atoms with van der Waals surface area (Å²) < 4.78 is 6.99. The summed E-state index contributed by atoms with van der Waals surface area (Å²) in [4.78, 5) is 26.9. The zero-order valence-electron chi connectivity index (χ0n) is 13.8. The molecule has 124 valence electrons. The Morgan fingerprint density at radius 3 is 2.58 bits per heavy atom. The lowest BCUT2D eigenvalue weighted by molar-refractivity contribution is 0.0496. The lowest BCUT2D eigenvalue weighted by Crippen LogP contribution is -2.18. The summed E-state index contributed by atoms with van der Waals surface area (Å²) in [5.74, 6) is -0.326. The van der Waals surface area contributed by atoms with E-state index in [0.29, 0.717) is 18.5 Å². The zero-order chi connectivity index (χ0) is 17.1. The summed E-state index contributed by atoms with van der Waals surface area (Å²) in [6, 6.07) is 13.2. The van der Waals surface area contributed by atoms with Crippen LogP contribution in [0.5, 0.6) is 0 Å². The van der Waals surface area contributed by atoms with Gasteiger partial charge in [0.05, 0.1) is 23.2 Å². The molecule has 0 bridgehead atoms. The fourth-order valence-electron chi connectivity index (χ4n) is 2.89. The first-order valence-electron chi connectivity index (χ1n) is 7.97. The molecule has 0 fully saturated rings. The molecule has 0 saturated heterocycles. The predicted molar refractivity (Wildman–Crippen MR) is 93.4 cm³/mol. The normalized spacial score (nSPS) is 10.9. The van der Waals surface area contributed by atoms with E-state index in [1.54, 1.807) is 4.57 Å². The molecule has 0 spiro atoms. The number of nitrogens with one attached hydrogen (secondary N) is 1. The maximum absolute atomic E-state index is 12.1. The van der Waals surface area contributed by atoms with Gasteiger partial charge in [-0.15, -0.1) is 0 Å². The van der Waals surface area contributed by atoms with Crippen molar-refractivity contribution >= 4 is 17.0 Å². The Balaban J connectivity index is 1.59. The molecule has 0 aliphatic carbocycles. The summed E-state index contributed by atoms with van der Waals surface area (Å²) in [7, 11) is 0. The quantitative estimate of drug-likeness (QED) is 0.579. The first-order valence-corrected chi connectivity index (χ1v) is 7.97. The summed E-state index contributed by atoms with van der Waals surface area (Å²) in [6.45, 7) is 4.68. The van der Waals surface area contributed by atoms with Crippen molar-refractivity contribution in [1.29, 1.82) is 0 Å². The van der Waals surface area contributed by atoms with E-state index < -0.39 is 0 Å². The second kappa shape index (κ2) is 6.74. The van der Waals surface area contributed by atoms with Crippen LogP contribution in [0.25, 0.3) is 11.0 Å². The van der Waals surface area contributed by atoms with E-state index in [4.69, 9.17) is 4.74 Å². The Kier molecular flexibility index (Phi) is 4.51. The second-order valence-corrected chi connectivity index (χ2v) is 5.96. The van der Waals surface area contributed by atoms with Gasteiger partial charge in [-0.2, -0.15) is 0 Å². The summed E-state index contributed by atoms with van der Waals surface area (Å²) in [6.07, 6.45) is 0.582. The Bertz CT molecular complexity index is 917. The van der Waals surface area contributed by atoms with Crippen LogP contribution in [0.15, 0.2) is 47.3 Å². The van der Waals surface area contributed by atoms with Crippen molar-refractivity contribution in [2.45, 2.75) is 26.8 Å². The molecule has 24 heavy (non-hydrogen) atoms. The molecular weight excluding hydrogens is 304 g/mol. The lowest BCUT2D eigenvalue weighted by Gasteiger charge is -2.07. The largest absolute Gasteiger partial charge is 0.462 e. The van der Waals surface area contributed by atoms with Crippen molar-refractivity contribution < 1.29 is 9.53 Å². The monoisotopic (exact) mass is 324 g/mol. The summed E-state index contributed by atoms with van der Waals surface area (Å²) >= 11 is 0. The van der Waals surface area contributed by atoms with Gasteiger partial charge < -0.3 is 9.72 Å². The highest BCUT2D eigenvalue weighted by Crippen LogP contribution is 2.11. The standard InChI is InChI=1S/C19H20N2O3/c1-13-10-14(2)12-15(11-13)18(22)24-9-5-8-21-17-7-4-3-6-16(17)20-19(21)23/h3-4,6-7,10-12H,5,8-9H2,1-2H3,(H,20,23). The first-order chi connectivity index (χ1) is 11.5. The zero-order valence-corrected chi connectivity index (χ0v) is 13.8. The third-order valence-electron chi connectivity index (χ3n) is 3.90. The van der Waals surface area contributed by atoms with Gasteiger partial charge in [0.1, 0.15) is 0 Å². The van der Waals surface area contributed by atoms with Gasteiger partial charge in [-0.1, -0.05) is 29.3 Å². The van der Waals surface area contributed by atoms with E-state index in [-0.39, 0.29) is 18.3 Å². The highest BCUT2D eigenvalue weighted by atomic mass is 16.5. The van der Waals surface area contributed by atoms with Gasteiger partial charge in [0, 0.05) is 6.54 Å². The minimum Gasteiger partial charge on any atom is -0.462 e. The average molecular weight is 324 g/mol. The third-order valence-corrected chi connectivity index (χ3v) is 3.90. The Labute approximate surface area is 139 Å². The molecule has 2 aromatic carbocycles. The van der Waals surface area contributed by atoms with E-state index in [1.165, 1.54) is 0 Å². The topological polar surface area (TPSA) is 64.1 Å². The molecule has 0 saturated carbocycles. The van der Waals surface area contributed by atoms with Crippen molar-refractivity contribution in [1.82, 2.24) is 9.55 Å². The van der Waals surface area contributed by atoms with Crippen LogP contribution in [0.2, 0.25) is 0 Å². The van der Waals surface area contributed by atoms with Gasteiger partial charge in [-0.05, 0) is 44.5 Å². The van der Waals surface area contributed by atoms with Gasteiger partial charge >= 0.3 is 11.7 Å². The SMILES string of the molecule is Cc1cc(C)cc(C(=O)OCCCn2c(=O)[nH]c3ccccc32)c1. The summed E-state index contributed by atoms with van der Waals surface area (Å²) in [5.41, 5.74) is 4.17. The number of aromatic nitrogens is 2. The molecule has 1 N–H and O–H groups in total. The van der Waals surface area contributed by atoms with Crippen molar-refractivity contribution in [2.24, 2.45) is 0 Å². The number of carbonyl (C=O) groups excluding carboxylic acids is 1. The van der Waals surface area contributed by atoms with E-state index in [1.807, 2.05) is 56.3 Å². The van der Waals surface area contributed by atoms with Crippen molar-refractivity contribution in [3.63, 3.8) is 0 Å². The number of para-hydroxylation sites is 2. The fourth-order valence-corrected chi connectivity index (χ4v) is 2.89. The van der Waals surface area contributed by atoms with Crippen LogP contribution in [-0.4, -0.2) is 22.1 Å². The van der Waals surface area contributed by atoms with Gasteiger partial charge in [-0.25, -0.2) is 9.59 Å². The smallest absolute Gasteiger partial charge is 0.338 e. The van der Waals surface area contributed by atoms with Gasteiger partial charge in [0.25, 0.3) is 0 Å². The number of aryl methyl sites for hydroxylation is 3. The fraction of sp³-hybridized carbons (Fsp3) is 0.263. The maximum Gasteiger partial charge on any atom is 0.338 e. The van der Waals surface area contributed by atoms with E-state index in [2.05, 4.69) is 4.98 Å². The molecule has 0 aliphatic rings. The van der Waals surface area contributed by atoms with Gasteiger partial charge in [-0.3, -0.25) is 4.57 Å². The lowest BCUT2D eigenvalue weighted by atomic mass is 10.1. The van der Waals surface area contributed by atoms with E-state index in [0.717, 1.165) is 22.2 Å². The van der Waals surface area contributed by atoms with Crippen LogP contribution in [0.3, 0.4) is 0 Å². The molecular formula is C19H20N2O3. The van der Waals surface area contributed by atoms with Gasteiger partial charge in [0.15, 0.2) is 0 Å². The minimum absolute atomic E-state index is 0.142. The number of carbonyl (C=O) groups is 1. The van der Waals surface area contributed by atoms with E-state index >= 15 is 0 Å². The second-order valence-electron chi connectivity index (χ2n) is 5.96. The van der Waals surface area contributed by atoms with Crippen LogP contribution in [0.4, 0.5) is 0 Å². The number of hydrogen-bond acceptors (Lipinski definition) is 3. The first kappa shape index (κ1) is 16.1. The molecule has 0 aliphatic heterocycles. The van der Waals surface area contributed by atoms with Gasteiger partial charge in [0.2, 0.25) is 0 Å². The van der Waals surface area contributed by atoms with Crippen molar-refractivity contribution in [2.75, 3.05) is 6.61 Å². The highest BCUT2D eigenvalue weighted by molar-refractivity contribution is 5.89. The number of imidazole rings is 1. The minimum atomic E-state index is -0.326. The molecule has 3 aromatic rings. The van der Waals surface area contributed by atoms with Crippen molar-refractivity contribution in [3.8, 4) is 0 Å². The molecule has 0 atom stereocenters. The van der Waals surface area contributed by atoms with Crippen LogP contribution in [0, 0.1) is 13.8 Å². The number of H-pyrrole nitrogens is 1.